The molecule has 0 spiro atoms. The second-order valence-corrected chi connectivity index (χ2v) is 6.59. The number of aromatic amines is 1. The molecule has 2 rings (SSSR count). The number of rotatable bonds is 3. The molecule has 2 heterocycles. The van der Waals surface area contributed by atoms with Crippen molar-refractivity contribution in [3.63, 3.8) is 0 Å². The van der Waals surface area contributed by atoms with E-state index >= 15 is 0 Å². The number of nitrogen functional groups attached to an aromatic ring is 1. The van der Waals surface area contributed by atoms with Gasteiger partial charge in [0, 0.05) is 18.4 Å². The first-order valence-electron chi connectivity index (χ1n) is 5.43. The lowest BCUT2D eigenvalue weighted by molar-refractivity contribution is 0.0949. The van der Waals surface area contributed by atoms with Crippen molar-refractivity contribution in [2.45, 2.75) is 18.1 Å². The fraction of sp³-hybridized carbons (Fsp3) is 0.500. The lowest BCUT2D eigenvalue weighted by atomic mass is 10.2. The fourth-order valence-electron chi connectivity index (χ4n) is 1.93. The third-order valence-corrected chi connectivity index (χ3v) is 5.18. The van der Waals surface area contributed by atoms with Crippen LogP contribution in [-0.4, -0.2) is 36.9 Å². The number of nitrogens with one attached hydrogen (secondary N) is 2. The van der Waals surface area contributed by atoms with E-state index in [0.29, 0.717) is 24.2 Å². The van der Waals surface area contributed by atoms with Crippen molar-refractivity contribution in [3.8, 4) is 0 Å². The zero-order valence-corrected chi connectivity index (χ0v) is 10.1. The minimum atomic E-state index is -3.01. The predicted molar refractivity (Wildman–Crippen MR) is 64.3 cm³/mol. The zero-order chi connectivity index (χ0) is 12.5. The Balaban J connectivity index is 1.93. The number of anilines is 1. The quantitative estimate of drug-likeness (QED) is 0.703. The van der Waals surface area contributed by atoms with Crippen molar-refractivity contribution < 1.29 is 13.2 Å². The molecule has 6 nitrogen and oxygen atoms in total. The molecule has 0 bridgehead atoms. The Labute approximate surface area is 99.5 Å². The number of H-pyrrole nitrogens is 1. The Kier molecular flexibility index (Phi) is 3.10. The van der Waals surface area contributed by atoms with E-state index in [0.717, 1.165) is 0 Å². The first-order valence-corrected chi connectivity index (χ1v) is 7.14. The van der Waals surface area contributed by atoms with Gasteiger partial charge >= 0.3 is 0 Å². The summed E-state index contributed by atoms with van der Waals surface area (Å²) in [6, 6.07) is 1.51. The maximum Gasteiger partial charge on any atom is 0.267 e. The maximum atomic E-state index is 11.6. The molecule has 1 saturated heterocycles. The van der Waals surface area contributed by atoms with Gasteiger partial charge in [-0.1, -0.05) is 0 Å². The van der Waals surface area contributed by atoms with Gasteiger partial charge in [0.2, 0.25) is 0 Å². The van der Waals surface area contributed by atoms with E-state index in [9.17, 15) is 13.2 Å². The van der Waals surface area contributed by atoms with E-state index in [-0.39, 0.29) is 18.2 Å². The summed E-state index contributed by atoms with van der Waals surface area (Å²) in [6.45, 7) is 0.167. The highest BCUT2D eigenvalue weighted by molar-refractivity contribution is 7.92. The molecular formula is C10H15N3O3S. The molecule has 1 atom stereocenters. The highest BCUT2D eigenvalue weighted by atomic mass is 32.2. The predicted octanol–water partition coefficient (Wildman–Crippen LogP) is -0.0961. The van der Waals surface area contributed by atoms with Crippen LogP contribution in [0, 0.1) is 0 Å². The monoisotopic (exact) mass is 257 g/mol. The molecule has 94 valence electrons. The SMILES string of the molecule is Nc1c[nH]c(C(=O)NCC2CCCS2(=O)=O)c1. The summed E-state index contributed by atoms with van der Waals surface area (Å²) in [6.07, 6.45) is 2.81. The highest BCUT2D eigenvalue weighted by Gasteiger charge is 2.31. The number of aromatic nitrogens is 1. The van der Waals surface area contributed by atoms with Crippen molar-refractivity contribution in [3.05, 3.63) is 18.0 Å². The van der Waals surface area contributed by atoms with E-state index < -0.39 is 15.1 Å². The first-order chi connectivity index (χ1) is 7.99. The van der Waals surface area contributed by atoms with Crippen LogP contribution >= 0.6 is 0 Å². The molecule has 1 aliphatic heterocycles. The minimum Gasteiger partial charge on any atom is -0.397 e. The normalized spacial score (nSPS) is 22.5. The standard InChI is InChI=1S/C10H15N3O3S/c11-7-4-9(12-5-7)10(14)13-6-8-2-1-3-17(8,15)16/h4-5,8,12H,1-3,6,11H2,(H,13,14). The first kappa shape index (κ1) is 12.0. The summed E-state index contributed by atoms with van der Waals surface area (Å²) in [5, 5.41) is 2.16. The molecule has 7 heteroatoms. The van der Waals surface area contributed by atoms with Gasteiger partial charge in [0.15, 0.2) is 9.84 Å². The van der Waals surface area contributed by atoms with E-state index in [2.05, 4.69) is 10.3 Å². The van der Waals surface area contributed by atoms with Gasteiger partial charge < -0.3 is 16.0 Å². The average Bonchev–Trinajstić information content (AvgIpc) is 2.81. The van der Waals surface area contributed by atoms with E-state index in [1.165, 1.54) is 12.3 Å². The highest BCUT2D eigenvalue weighted by Crippen LogP contribution is 2.19. The third-order valence-electron chi connectivity index (χ3n) is 2.90. The number of carbonyl (C=O) groups is 1. The number of hydrogen-bond acceptors (Lipinski definition) is 4. The molecule has 0 radical (unpaired) electrons. The lowest BCUT2D eigenvalue weighted by Crippen LogP contribution is -2.34. The second kappa shape index (κ2) is 4.40. The lowest BCUT2D eigenvalue weighted by Gasteiger charge is -2.09. The number of amides is 1. The number of nitrogens with two attached hydrogens (primary N) is 1. The van der Waals surface area contributed by atoms with Gasteiger partial charge in [-0.3, -0.25) is 4.79 Å². The van der Waals surface area contributed by atoms with Crippen LogP contribution in [0.4, 0.5) is 5.69 Å². The van der Waals surface area contributed by atoms with E-state index in [1.54, 1.807) is 0 Å². The Morgan fingerprint density at radius 2 is 2.35 bits per heavy atom. The molecule has 1 unspecified atom stereocenters. The van der Waals surface area contributed by atoms with Crippen molar-refractivity contribution in [1.29, 1.82) is 0 Å². The zero-order valence-electron chi connectivity index (χ0n) is 9.27. The van der Waals surface area contributed by atoms with Crippen molar-refractivity contribution in [2.75, 3.05) is 18.0 Å². The van der Waals surface area contributed by atoms with Crippen LogP contribution in [0.1, 0.15) is 23.3 Å². The summed E-state index contributed by atoms with van der Waals surface area (Å²) in [5.41, 5.74) is 6.29. The van der Waals surface area contributed by atoms with Gasteiger partial charge in [0.25, 0.3) is 5.91 Å². The van der Waals surface area contributed by atoms with Gasteiger partial charge in [-0.25, -0.2) is 8.42 Å². The van der Waals surface area contributed by atoms with Gasteiger partial charge in [-0.15, -0.1) is 0 Å². The average molecular weight is 257 g/mol. The molecule has 0 aromatic carbocycles. The Hall–Kier alpha value is -1.50. The second-order valence-electron chi connectivity index (χ2n) is 4.19. The van der Waals surface area contributed by atoms with Crippen LogP contribution in [-0.2, 0) is 9.84 Å². The fourth-order valence-corrected chi connectivity index (χ4v) is 3.70. The van der Waals surface area contributed by atoms with Crippen LogP contribution in [0.3, 0.4) is 0 Å². The number of hydrogen-bond donors (Lipinski definition) is 3. The van der Waals surface area contributed by atoms with Crippen molar-refractivity contribution in [1.82, 2.24) is 10.3 Å². The van der Waals surface area contributed by atoms with Gasteiger partial charge in [-0.05, 0) is 18.9 Å². The van der Waals surface area contributed by atoms with Gasteiger partial charge in [-0.2, -0.15) is 0 Å². The number of carbonyl (C=O) groups excluding carboxylic acids is 1. The Morgan fingerprint density at radius 3 is 2.88 bits per heavy atom. The summed E-state index contributed by atoms with van der Waals surface area (Å²) in [7, 11) is -3.01. The summed E-state index contributed by atoms with van der Waals surface area (Å²) >= 11 is 0. The Morgan fingerprint density at radius 1 is 1.59 bits per heavy atom. The smallest absolute Gasteiger partial charge is 0.267 e. The summed E-state index contributed by atoms with van der Waals surface area (Å²) < 4.78 is 23.1. The largest absolute Gasteiger partial charge is 0.397 e. The van der Waals surface area contributed by atoms with Crippen LogP contribution < -0.4 is 11.1 Å². The van der Waals surface area contributed by atoms with Crippen molar-refractivity contribution in [2.24, 2.45) is 0 Å². The molecule has 0 aliphatic carbocycles. The molecule has 17 heavy (non-hydrogen) atoms. The molecule has 1 fully saturated rings. The molecule has 1 aromatic heterocycles. The van der Waals surface area contributed by atoms with Gasteiger partial charge in [0.1, 0.15) is 5.69 Å². The summed E-state index contributed by atoms with van der Waals surface area (Å²) in [4.78, 5) is 14.3. The molecule has 4 N–H and O–H groups in total. The molecule has 1 aliphatic rings. The van der Waals surface area contributed by atoms with Gasteiger partial charge in [0.05, 0.1) is 11.0 Å². The van der Waals surface area contributed by atoms with Crippen LogP contribution in [0.2, 0.25) is 0 Å². The topological polar surface area (TPSA) is 105 Å². The molecule has 0 saturated carbocycles. The maximum absolute atomic E-state index is 11.6. The van der Waals surface area contributed by atoms with Crippen molar-refractivity contribution >= 4 is 21.4 Å². The van der Waals surface area contributed by atoms with Crippen LogP contribution in [0.25, 0.3) is 0 Å². The molecular weight excluding hydrogens is 242 g/mol. The minimum absolute atomic E-state index is 0.167. The van der Waals surface area contributed by atoms with Crippen LogP contribution in [0.15, 0.2) is 12.3 Å². The molecule has 1 amide bonds. The number of sulfone groups is 1. The van der Waals surface area contributed by atoms with Crippen LogP contribution in [0.5, 0.6) is 0 Å². The molecule has 1 aromatic rings. The van der Waals surface area contributed by atoms with E-state index in [4.69, 9.17) is 5.73 Å². The third kappa shape index (κ3) is 2.60. The van der Waals surface area contributed by atoms with E-state index in [1.807, 2.05) is 0 Å². The Bertz CT molecular complexity index is 521. The summed E-state index contributed by atoms with van der Waals surface area (Å²) in [5.74, 6) is -0.105.